The van der Waals surface area contributed by atoms with Crippen molar-refractivity contribution in [1.29, 1.82) is 0 Å². The monoisotopic (exact) mass is 328 g/mol. The number of benzene rings is 1. The van der Waals surface area contributed by atoms with Crippen molar-refractivity contribution in [1.82, 2.24) is 20.5 Å². The van der Waals surface area contributed by atoms with Gasteiger partial charge in [-0.15, -0.1) is 0 Å². The normalized spacial score (nSPS) is 12.3. The van der Waals surface area contributed by atoms with Gasteiger partial charge < -0.3 is 10.4 Å². The van der Waals surface area contributed by atoms with Crippen molar-refractivity contribution < 1.29 is 5.11 Å². The van der Waals surface area contributed by atoms with E-state index in [1.165, 1.54) is 0 Å². The molecular weight excluding hydrogens is 312 g/mol. The van der Waals surface area contributed by atoms with Crippen LogP contribution in [0.15, 0.2) is 55.0 Å². The van der Waals surface area contributed by atoms with Crippen LogP contribution >= 0.6 is 11.6 Å². The average Bonchev–Trinajstić information content (AvgIpc) is 3.04. The summed E-state index contributed by atoms with van der Waals surface area (Å²) in [5.74, 6) is 0. The highest BCUT2D eigenvalue weighted by atomic mass is 35.5. The van der Waals surface area contributed by atoms with Crippen molar-refractivity contribution in [3.05, 3.63) is 71.1 Å². The summed E-state index contributed by atoms with van der Waals surface area (Å²) in [4.78, 5) is 4.12. The minimum absolute atomic E-state index is 0.404. The highest BCUT2D eigenvalue weighted by Gasteiger charge is 2.12. The molecule has 0 amide bonds. The number of aliphatic hydroxyl groups is 1. The van der Waals surface area contributed by atoms with Crippen molar-refractivity contribution in [2.24, 2.45) is 0 Å². The summed E-state index contributed by atoms with van der Waals surface area (Å²) in [6.45, 7) is 0.990. The lowest BCUT2D eigenvalue weighted by Crippen LogP contribution is -2.21. The van der Waals surface area contributed by atoms with E-state index in [9.17, 15) is 5.11 Å². The first kappa shape index (κ1) is 15.7. The standard InChI is InChI=1S/C17H17ClN4O/c18-15-6-2-1-5-14(15)16(23)11-20-9-13-10-21-22-17(13)12-4-3-7-19-8-12/h1-8,10,16,20,23H,9,11H2,(H,21,22). The third-order valence-electron chi connectivity index (χ3n) is 3.59. The smallest absolute Gasteiger partial charge is 0.0928 e. The zero-order valence-corrected chi connectivity index (χ0v) is 13.2. The Morgan fingerprint density at radius 3 is 2.83 bits per heavy atom. The lowest BCUT2D eigenvalue weighted by Gasteiger charge is -2.13. The Morgan fingerprint density at radius 1 is 1.17 bits per heavy atom. The summed E-state index contributed by atoms with van der Waals surface area (Å²) in [6, 6.07) is 11.2. The lowest BCUT2D eigenvalue weighted by molar-refractivity contribution is 0.174. The van der Waals surface area contributed by atoms with Crippen LogP contribution < -0.4 is 5.32 Å². The number of aromatic amines is 1. The van der Waals surface area contributed by atoms with E-state index < -0.39 is 6.10 Å². The molecule has 0 saturated carbocycles. The molecule has 23 heavy (non-hydrogen) atoms. The number of halogens is 1. The number of nitrogens with zero attached hydrogens (tertiary/aromatic N) is 2. The number of aromatic nitrogens is 3. The maximum atomic E-state index is 10.2. The fourth-order valence-electron chi connectivity index (χ4n) is 2.40. The maximum Gasteiger partial charge on any atom is 0.0928 e. The number of nitrogens with one attached hydrogen (secondary N) is 2. The summed E-state index contributed by atoms with van der Waals surface area (Å²) < 4.78 is 0. The van der Waals surface area contributed by atoms with Crippen LogP contribution in [0.25, 0.3) is 11.3 Å². The Kier molecular flexibility index (Phi) is 5.02. The first-order chi connectivity index (χ1) is 11.3. The number of aliphatic hydroxyl groups excluding tert-OH is 1. The van der Waals surface area contributed by atoms with Crippen LogP contribution in [-0.4, -0.2) is 26.8 Å². The van der Waals surface area contributed by atoms with E-state index in [1.807, 2.05) is 30.3 Å². The molecule has 0 spiro atoms. The quantitative estimate of drug-likeness (QED) is 0.650. The molecule has 0 fully saturated rings. The van der Waals surface area contributed by atoms with Gasteiger partial charge in [0.25, 0.3) is 0 Å². The molecule has 2 heterocycles. The van der Waals surface area contributed by atoms with E-state index in [0.29, 0.717) is 18.1 Å². The van der Waals surface area contributed by atoms with E-state index in [0.717, 1.165) is 22.4 Å². The molecule has 0 saturated heterocycles. The van der Waals surface area contributed by atoms with Gasteiger partial charge in [0.15, 0.2) is 0 Å². The Labute approximate surface area is 139 Å². The van der Waals surface area contributed by atoms with Crippen molar-refractivity contribution in [3.63, 3.8) is 0 Å². The molecule has 6 heteroatoms. The van der Waals surface area contributed by atoms with Gasteiger partial charge in [-0.3, -0.25) is 10.1 Å². The van der Waals surface area contributed by atoms with Gasteiger partial charge >= 0.3 is 0 Å². The molecule has 1 atom stereocenters. The van der Waals surface area contributed by atoms with E-state index in [1.54, 1.807) is 24.7 Å². The second-order valence-corrected chi connectivity index (χ2v) is 5.59. The van der Waals surface area contributed by atoms with E-state index in [-0.39, 0.29) is 0 Å². The molecular formula is C17H17ClN4O. The number of hydrogen-bond acceptors (Lipinski definition) is 4. The van der Waals surface area contributed by atoms with Crippen LogP contribution in [0.5, 0.6) is 0 Å². The van der Waals surface area contributed by atoms with Crippen molar-refractivity contribution in [2.45, 2.75) is 12.6 Å². The molecule has 0 bridgehead atoms. The summed E-state index contributed by atoms with van der Waals surface area (Å²) in [5, 5.41) is 21.1. The average molecular weight is 329 g/mol. The van der Waals surface area contributed by atoms with Gasteiger partial charge in [0.1, 0.15) is 0 Å². The van der Waals surface area contributed by atoms with Crippen LogP contribution in [-0.2, 0) is 6.54 Å². The molecule has 1 aromatic carbocycles. The topological polar surface area (TPSA) is 73.8 Å². The van der Waals surface area contributed by atoms with Crippen molar-refractivity contribution >= 4 is 11.6 Å². The summed E-state index contributed by atoms with van der Waals surface area (Å²) in [5.41, 5.74) is 3.65. The highest BCUT2D eigenvalue weighted by Crippen LogP contribution is 2.23. The van der Waals surface area contributed by atoms with Crippen molar-refractivity contribution in [2.75, 3.05) is 6.54 Å². The molecule has 2 aromatic heterocycles. The largest absolute Gasteiger partial charge is 0.387 e. The zero-order chi connectivity index (χ0) is 16.1. The first-order valence-corrected chi connectivity index (χ1v) is 7.69. The summed E-state index contributed by atoms with van der Waals surface area (Å²) in [6.07, 6.45) is 4.64. The summed E-state index contributed by atoms with van der Waals surface area (Å²) in [7, 11) is 0. The fourth-order valence-corrected chi connectivity index (χ4v) is 2.67. The van der Waals surface area contributed by atoms with Gasteiger partial charge in [-0.05, 0) is 18.2 Å². The maximum absolute atomic E-state index is 10.2. The van der Waals surface area contributed by atoms with Gasteiger partial charge in [0.2, 0.25) is 0 Å². The van der Waals surface area contributed by atoms with Crippen LogP contribution in [0, 0.1) is 0 Å². The molecule has 3 N–H and O–H groups in total. The minimum atomic E-state index is -0.655. The van der Waals surface area contributed by atoms with Crippen LogP contribution in [0.1, 0.15) is 17.2 Å². The van der Waals surface area contributed by atoms with Gasteiger partial charge in [-0.25, -0.2) is 0 Å². The van der Waals surface area contributed by atoms with E-state index in [4.69, 9.17) is 11.6 Å². The fraction of sp³-hybridized carbons (Fsp3) is 0.176. The Balaban J connectivity index is 1.62. The second kappa shape index (κ2) is 7.37. The first-order valence-electron chi connectivity index (χ1n) is 7.31. The van der Waals surface area contributed by atoms with Crippen LogP contribution in [0.3, 0.4) is 0 Å². The van der Waals surface area contributed by atoms with Gasteiger partial charge in [-0.2, -0.15) is 5.10 Å². The molecule has 5 nitrogen and oxygen atoms in total. The van der Waals surface area contributed by atoms with Gasteiger partial charge in [0.05, 0.1) is 18.0 Å². The number of pyridine rings is 1. The predicted octanol–water partition coefficient (Wildman–Crippen LogP) is 2.95. The second-order valence-electron chi connectivity index (χ2n) is 5.18. The molecule has 3 aromatic rings. The van der Waals surface area contributed by atoms with E-state index >= 15 is 0 Å². The lowest BCUT2D eigenvalue weighted by atomic mass is 10.1. The predicted molar refractivity (Wildman–Crippen MR) is 89.9 cm³/mol. The SMILES string of the molecule is OC(CNCc1cn[nH]c1-c1cccnc1)c1ccccc1Cl. The highest BCUT2D eigenvalue weighted by molar-refractivity contribution is 6.31. The Morgan fingerprint density at radius 2 is 2.04 bits per heavy atom. The van der Waals surface area contributed by atoms with Crippen molar-refractivity contribution in [3.8, 4) is 11.3 Å². The molecule has 0 aliphatic rings. The van der Waals surface area contributed by atoms with Crippen LogP contribution in [0.4, 0.5) is 0 Å². The van der Waals surface area contributed by atoms with Crippen LogP contribution in [0.2, 0.25) is 5.02 Å². The third-order valence-corrected chi connectivity index (χ3v) is 3.93. The molecule has 0 aliphatic heterocycles. The zero-order valence-electron chi connectivity index (χ0n) is 12.4. The minimum Gasteiger partial charge on any atom is -0.387 e. The Bertz CT molecular complexity index is 760. The molecule has 118 valence electrons. The number of hydrogen-bond donors (Lipinski definition) is 3. The molecule has 3 rings (SSSR count). The third kappa shape index (κ3) is 3.76. The number of rotatable bonds is 6. The van der Waals surface area contributed by atoms with E-state index in [2.05, 4.69) is 20.5 Å². The number of H-pyrrole nitrogens is 1. The van der Waals surface area contributed by atoms with Gasteiger partial charge in [0, 0.05) is 47.2 Å². The Hall–Kier alpha value is -2.21. The van der Waals surface area contributed by atoms with Gasteiger partial charge in [-0.1, -0.05) is 29.8 Å². The molecule has 0 radical (unpaired) electrons. The summed E-state index contributed by atoms with van der Waals surface area (Å²) >= 11 is 6.09. The molecule has 1 unspecified atom stereocenters. The molecule has 0 aliphatic carbocycles.